The van der Waals surface area contributed by atoms with E-state index in [9.17, 15) is 28.8 Å². The molecule has 5 aromatic rings. The lowest BCUT2D eigenvalue weighted by Crippen LogP contribution is -2.59. The van der Waals surface area contributed by atoms with E-state index in [1.807, 2.05) is 72.8 Å². The summed E-state index contributed by atoms with van der Waals surface area (Å²) in [6.45, 7) is 3.28. The maximum Gasteiger partial charge on any atom is 0.249 e. The Balaban J connectivity index is 1.34. The molecule has 0 aliphatic heterocycles. The molecule has 15 heteroatoms. The molecule has 0 spiro atoms. The molecule has 1 aromatic heterocycles. The maximum absolute atomic E-state index is 14.4. The summed E-state index contributed by atoms with van der Waals surface area (Å²) < 4.78 is 0. The SMILES string of the molecule is C[C@@H](N)C(=O)NC(=O)[C@H](CCCCN)NC(=O)[C@@H](Cc1ccccc1)NC(=O)[C@@H](Cc1c[nH]c2ccccc12)NC(=O)[C@@H](C)NC(=O)[C@H](N)Cc1ccc2ccccc2c1. The van der Waals surface area contributed by atoms with E-state index in [1.165, 1.54) is 13.8 Å². The highest BCUT2D eigenvalue weighted by atomic mass is 16.2. The molecule has 0 fully saturated rings. The molecule has 316 valence electrons. The van der Waals surface area contributed by atoms with Gasteiger partial charge in [0, 0.05) is 29.9 Å². The van der Waals surface area contributed by atoms with Crippen LogP contribution < -0.4 is 43.8 Å². The van der Waals surface area contributed by atoms with E-state index in [0.29, 0.717) is 24.9 Å². The van der Waals surface area contributed by atoms with Crippen molar-refractivity contribution in [3.63, 3.8) is 0 Å². The fourth-order valence-electron chi connectivity index (χ4n) is 6.81. The number of H-pyrrole nitrogens is 1. The topological polar surface area (TPSA) is 256 Å². The van der Waals surface area contributed by atoms with Gasteiger partial charge in [0.2, 0.25) is 35.4 Å². The Morgan fingerprint density at radius 3 is 1.93 bits per heavy atom. The van der Waals surface area contributed by atoms with Gasteiger partial charge in [-0.15, -0.1) is 0 Å². The second-order valence-electron chi connectivity index (χ2n) is 15.1. The van der Waals surface area contributed by atoms with E-state index in [2.05, 4.69) is 31.6 Å². The van der Waals surface area contributed by atoms with Gasteiger partial charge in [-0.3, -0.25) is 34.1 Å². The lowest BCUT2D eigenvalue weighted by molar-refractivity contribution is -0.136. The van der Waals surface area contributed by atoms with Crippen LogP contribution in [0.2, 0.25) is 0 Å². The van der Waals surface area contributed by atoms with Gasteiger partial charge in [0.25, 0.3) is 0 Å². The minimum Gasteiger partial charge on any atom is -0.361 e. The van der Waals surface area contributed by atoms with Gasteiger partial charge in [-0.25, -0.2) is 0 Å². The molecule has 1 heterocycles. The Morgan fingerprint density at radius 1 is 0.583 bits per heavy atom. The fourth-order valence-corrected chi connectivity index (χ4v) is 6.81. The van der Waals surface area contributed by atoms with Crippen molar-refractivity contribution >= 4 is 57.1 Å². The molecule has 5 rings (SSSR count). The first-order valence-corrected chi connectivity index (χ1v) is 20.2. The van der Waals surface area contributed by atoms with Crippen LogP contribution in [-0.4, -0.2) is 83.2 Å². The number of hydrogen-bond acceptors (Lipinski definition) is 9. The molecule has 4 aromatic carbocycles. The molecule has 0 bridgehead atoms. The van der Waals surface area contributed by atoms with Gasteiger partial charge in [-0.1, -0.05) is 91.0 Å². The van der Waals surface area contributed by atoms with Crippen LogP contribution in [0.3, 0.4) is 0 Å². The number of imide groups is 1. The van der Waals surface area contributed by atoms with Crippen molar-refractivity contribution in [3.05, 3.63) is 120 Å². The smallest absolute Gasteiger partial charge is 0.249 e. The number of carbonyl (C=O) groups is 6. The van der Waals surface area contributed by atoms with Gasteiger partial charge in [0.1, 0.15) is 24.2 Å². The molecule has 6 atom stereocenters. The largest absolute Gasteiger partial charge is 0.361 e. The number of carbonyl (C=O) groups excluding carboxylic acids is 6. The van der Waals surface area contributed by atoms with Crippen LogP contribution in [-0.2, 0) is 48.0 Å². The zero-order valence-electron chi connectivity index (χ0n) is 33.9. The Morgan fingerprint density at radius 2 is 1.22 bits per heavy atom. The van der Waals surface area contributed by atoms with Crippen LogP contribution in [0.25, 0.3) is 21.7 Å². The average Bonchev–Trinajstić information content (AvgIpc) is 3.65. The van der Waals surface area contributed by atoms with E-state index in [-0.39, 0.29) is 25.7 Å². The molecule has 15 nitrogen and oxygen atoms in total. The van der Waals surface area contributed by atoms with Crippen molar-refractivity contribution < 1.29 is 28.8 Å². The monoisotopic (exact) mass is 817 g/mol. The van der Waals surface area contributed by atoms with Crippen molar-refractivity contribution in [1.29, 1.82) is 0 Å². The van der Waals surface area contributed by atoms with Crippen LogP contribution in [0.15, 0.2) is 103 Å². The van der Waals surface area contributed by atoms with Gasteiger partial charge >= 0.3 is 0 Å². The zero-order valence-corrected chi connectivity index (χ0v) is 33.9. The van der Waals surface area contributed by atoms with E-state index in [1.54, 1.807) is 30.5 Å². The second-order valence-corrected chi connectivity index (χ2v) is 15.1. The third kappa shape index (κ3) is 12.5. The number of amides is 6. The van der Waals surface area contributed by atoms with E-state index in [0.717, 1.165) is 32.8 Å². The Kier molecular flexibility index (Phi) is 16.0. The molecule has 0 aliphatic carbocycles. The third-order valence-corrected chi connectivity index (χ3v) is 10.2. The molecule has 0 saturated heterocycles. The Labute approximate surface area is 349 Å². The van der Waals surface area contributed by atoms with Crippen molar-refractivity contribution in [1.82, 2.24) is 31.6 Å². The van der Waals surface area contributed by atoms with Gasteiger partial charge < -0.3 is 43.5 Å². The first kappa shape index (κ1) is 44.7. The number of aromatic amines is 1. The summed E-state index contributed by atoms with van der Waals surface area (Å²) in [6, 6.07) is 23.6. The summed E-state index contributed by atoms with van der Waals surface area (Å²) in [7, 11) is 0. The van der Waals surface area contributed by atoms with Crippen molar-refractivity contribution in [2.24, 2.45) is 17.2 Å². The summed E-state index contributed by atoms with van der Waals surface area (Å²) >= 11 is 0. The van der Waals surface area contributed by atoms with Crippen molar-refractivity contribution in [2.75, 3.05) is 6.54 Å². The lowest BCUT2D eigenvalue weighted by atomic mass is 10.0. The molecule has 0 unspecified atom stereocenters. The van der Waals surface area contributed by atoms with Gasteiger partial charge in [-0.05, 0) is 79.6 Å². The van der Waals surface area contributed by atoms with Crippen molar-refractivity contribution in [3.8, 4) is 0 Å². The summed E-state index contributed by atoms with van der Waals surface area (Å²) in [5.41, 5.74) is 20.8. The zero-order chi connectivity index (χ0) is 43.2. The molecule has 6 amide bonds. The minimum absolute atomic E-state index is 0.0207. The fraction of sp³-hybridized carbons (Fsp3) is 0.333. The Bertz CT molecular complexity index is 2280. The summed E-state index contributed by atoms with van der Waals surface area (Å²) in [5, 5.41) is 16.2. The summed E-state index contributed by atoms with van der Waals surface area (Å²) in [5.74, 6) is -4.03. The quantitative estimate of drug-likeness (QED) is 0.0518. The molecule has 12 N–H and O–H groups in total. The van der Waals surface area contributed by atoms with Gasteiger partial charge in [0.05, 0.1) is 12.1 Å². The number of nitrogens with two attached hydrogens (primary N) is 3. The number of hydrogen-bond donors (Lipinski definition) is 9. The Hall–Kier alpha value is -6.42. The molecular weight excluding hydrogens is 763 g/mol. The first-order valence-electron chi connectivity index (χ1n) is 20.2. The maximum atomic E-state index is 14.4. The highest BCUT2D eigenvalue weighted by Gasteiger charge is 2.32. The van der Waals surface area contributed by atoms with Crippen LogP contribution in [0.1, 0.15) is 49.8 Å². The molecule has 0 saturated carbocycles. The number of fused-ring (bicyclic) bond motifs is 2. The third-order valence-electron chi connectivity index (χ3n) is 10.2. The van der Waals surface area contributed by atoms with Crippen molar-refractivity contribution in [2.45, 2.75) is 88.6 Å². The highest BCUT2D eigenvalue weighted by molar-refractivity contribution is 6.02. The number of unbranched alkanes of at least 4 members (excludes halogenated alkanes) is 1. The number of benzene rings is 4. The van der Waals surface area contributed by atoms with E-state index >= 15 is 0 Å². The van der Waals surface area contributed by atoms with E-state index in [4.69, 9.17) is 17.2 Å². The van der Waals surface area contributed by atoms with Gasteiger partial charge in [0.15, 0.2) is 0 Å². The predicted octanol–water partition coefficient (Wildman–Crippen LogP) is 1.75. The average molecular weight is 818 g/mol. The highest BCUT2D eigenvalue weighted by Crippen LogP contribution is 2.20. The molecule has 0 aliphatic rings. The van der Waals surface area contributed by atoms with Crippen LogP contribution in [0.4, 0.5) is 0 Å². The number of rotatable bonds is 20. The van der Waals surface area contributed by atoms with Crippen LogP contribution in [0.5, 0.6) is 0 Å². The molecular formula is C45H55N9O6. The van der Waals surface area contributed by atoms with Crippen LogP contribution in [0, 0.1) is 0 Å². The molecule has 0 radical (unpaired) electrons. The normalized spacial score (nSPS) is 14.2. The summed E-state index contributed by atoms with van der Waals surface area (Å²) in [4.78, 5) is 84.2. The second kappa shape index (κ2) is 21.5. The number of para-hydroxylation sites is 1. The summed E-state index contributed by atoms with van der Waals surface area (Å²) in [6.07, 6.45) is 3.24. The first-order chi connectivity index (χ1) is 28.8. The van der Waals surface area contributed by atoms with Gasteiger partial charge in [-0.2, -0.15) is 0 Å². The standard InChI is InChI=1S/C45H55N9O6/c1-27(47)40(55)54-43(58)37(18-10-11-21-46)51-44(59)38(24-29-12-4-3-5-13-29)53-45(60)39(25-33-26-49-36-17-9-8-16-34(33)36)52-41(56)28(2)50-42(57)35(48)23-30-19-20-31-14-6-7-15-32(31)22-30/h3-9,12-17,19-20,22,26-28,35,37-39,49H,10-11,18,21,23-25,46-48H2,1-2H3,(H,50,57)(H,51,59)(H,52,56)(H,53,60)(H,54,55,58)/t27-,28-,35-,37+,38-,39-/m1/s1. The predicted molar refractivity (Wildman–Crippen MR) is 231 cm³/mol. The van der Waals surface area contributed by atoms with E-state index < -0.39 is 71.7 Å². The lowest BCUT2D eigenvalue weighted by Gasteiger charge is -2.26. The number of nitrogens with one attached hydrogen (secondary N) is 6. The number of aromatic nitrogens is 1. The molecule has 60 heavy (non-hydrogen) atoms. The van der Waals surface area contributed by atoms with Crippen LogP contribution >= 0.6 is 0 Å². The minimum atomic E-state index is -1.22.